The van der Waals surface area contributed by atoms with Crippen LogP contribution >= 0.6 is 11.3 Å². The average Bonchev–Trinajstić information content (AvgIpc) is 2.80. The van der Waals surface area contributed by atoms with Gasteiger partial charge in [-0.25, -0.2) is 0 Å². The van der Waals surface area contributed by atoms with Crippen LogP contribution in [0.1, 0.15) is 5.56 Å². The van der Waals surface area contributed by atoms with E-state index in [-0.39, 0.29) is 5.75 Å². The Morgan fingerprint density at radius 3 is 2.83 bits per heavy atom. The third-order valence-corrected chi connectivity index (χ3v) is 3.79. The van der Waals surface area contributed by atoms with Crippen molar-refractivity contribution in [2.24, 2.45) is 0 Å². The van der Waals surface area contributed by atoms with E-state index in [2.05, 4.69) is 17.5 Å². The van der Waals surface area contributed by atoms with Crippen molar-refractivity contribution in [2.75, 3.05) is 0 Å². The minimum Gasteiger partial charge on any atom is -0.508 e. The van der Waals surface area contributed by atoms with Gasteiger partial charge in [-0.3, -0.25) is 0 Å². The summed E-state index contributed by atoms with van der Waals surface area (Å²) in [6, 6.07) is 15.2. The first-order valence-electron chi connectivity index (χ1n) is 5.70. The predicted molar refractivity (Wildman–Crippen MR) is 74.3 cm³/mol. The first-order valence-corrected chi connectivity index (χ1v) is 6.58. The molecule has 0 saturated heterocycles. The summed E-state index contributed by atoms with van der Waals surface area (Å²) in [5.41, 5.74) is 1.18. The number of phenolic OH excluding ortho intramolecular Hbond substituents is 1. The van der Waals surface area contributed by atoms with Crippen LogP contribution < -0.4 is 4.74 Å². The predicted octanol–water partition coefficient (Wildman–Crippen LogP) is 4.19. The molecule has 0 radical (unpaired) electrons. The fraction of sp³-hybridized carbons (Fsp3) is 0.0667. The molecule has 1 N–H and O–H groups in total. The monoisotopic (exact) mass is 256 g/mol. The summed E-state index contributed by atoms with van der Waals surface area (Å²) in [7, 11) is 0. The van der Waals surface area contributed by atoms with E-state index in [4.69, 9.17) is 4.74 Å². The number of hydrogen-bond donors (Lipinski definition) is 1. The van der Waals surface area contributed by atoms with Gasteiger partial charge in [0.05, 0.1) is 0 Å². The molecule has 2 nitrogen and oxygen atoms in total. The maximum absolute atomic E-state index is 9.36. The second kappa shape index (κ2) is 4.70. The van der Waals surface area contributed by atoms with Gasteiger partial charge < -0.3 is 9.84 Å². The minimum atomic E-state index is 0.225. The van der Waals surface area contributed by atoms with E-state index in [1.807, 2.05) is 18.2 Å². The molecule has 0 atom stereocenters. The summed E-state index contributed by atoms with van der Waals surface area (Å²) in [5.74, 6) is 0.910. The smallest absolute Gasteiger partial charge is 0.123 e. The lowest BCUT2D eigenvalue weighted by Crippen LogP contribution is -1.93. The van der Waals surface area contributed by atoms with Crippen LogP contribution in [-0.2, 0) is 6.61 Å². The summed E-state index contributed by atoms with van der Waals surface area (Å²) in [5, 5.41) is 12.7. The first kappa shape index (κ1) is 11.1. The molecule has 0 aliphatic rings. The van der Waals surface area contributed by atoms with Gasteiger partial charge in [0.2, 0.25) is 0 Å². The van der Waals surface area contributed by atoms with Crippen molar-refractivity contribution in [1.29, 1.82) is 0 Å². The minimum absolute atomic E-state index is 0.225. The quantitative estimate of drug-likeness (QED) is 0.761. The first-order chi connectivity index (χ1) is 8.83. The molecular formula is C15H12O2S. The molecule has 1 aromatic heterocycles. The maximum atomic E-state index is 9.36. The Morgan fingerprint density at radius 1 is 1.06 bits per heavy atom. The highest BCUT2D eigenvalue weighted by molar-refractivity contribution is 7.17. The van der Waals surface area contributed by atoms with E-state index in [1.54, 1.807) is 29.5 Å². The van der Waals surface area contributed by atoms with E-state index in [9.17, 15) is 5.11 Å². The van der Waals surface area contributed by atoms with Crippen LogP contribution in [0.15, 0.2) is 53.9 Å². The summed E-state index contributed by atoms with van der Waals surface area (Å²) in [4.78, 5) is 0. The number of fused-ring (bicyclic) bond motifs is 1. The average molecular weight is 256 g/mol. The number of thiophene rings is 1. The van der Waals surface area contributed by atoms with Crippen molar-refractivity contribution >= 4 is 21.4 Å². The van der Waals surface area contributed by atoms with Crippen molar-refractivity contribution in [3.63, 3.8) is 0 Å². The molecule has 0 aliphatic heterocycles. The highest BCUT2D eigenvalue weighted by atomic mass is 32.1. The van der Waals surface area contributed by atoms with E-state index >= 15 is 0 Å². The summed E-state index contributed by atoms with van der Waals surface area (Å²) >= 11 is 1.72. The van der Waals surface area contributed by atoms with Gasteiger partial charge in [-0.05, 0) is 29.0 Å². The van der Waals surface area contributed by atoms with Crippen LogP contribution in [0, 0.1) is 0 Å². The van der Waals surface area contributed by atoms with Crippen LogP contribution in [0.2, 0.25) is 0 Å². The number of rotatable bonds is 3. The number of hydrogen-bond acceptors (Lipinski definition) is 3. The van der Waals surface area contributed by atoms with Gasteiger partial charge in [-0.15, -0.1) is 11.3 Å². The third-order valence-electron chi connectivity index (χ3n) is 2.77. The largest absolute Gasteiger partial charge is 0.508 e. The van der Waals surface area contributed by atoms with Gasteiger partial charge in [0, 0.05) is 16.3 Å². The second-order valence-electron chi connectivity index (χ2n) is 4.04. The molecular weight excluding hydrogens is 244 g/mol. The number of ether oxygens (including phenoxy) is 1. The van der Waals surface area contributed by atoms with Crippen LogP contribution in [0.3, 0.4) is 0 Å². The molecule has 0 saturated carbocycles. The molecule has 0 fully saturated rings. The lowest BCUT2D eigenvalue weighted by molar-refractivity contribution is 0.306. The van der Waals surface area contributed by atoms with Gasteiger partial charge >= 0.3 is 0 Å². The SMILES string of the molecule is Oc1cccc(OCc2csc3ccccc23)c1. The van der Waals surface area contributed by atoms with Crippen LogP contribution in [0.5, 0.6) is 11.5 Å². The molecule has 3 rings (SSSR count). The van der Waals surface area contributed by atoms with Crippen molar-refractivity contribution < 1.29 is 9.84 Å². The molecule has 1 heterocycles. The molecule has 0 spiro atoms. The van der Waals surface area contributed by atoms with E-state index in [1.165, 1.54) is 15.6 Å². The standard InChI is InChI=1S/C15H12O2S/c16-12-4-3-5-13(8-12)17-9-11-10-18-15-7-2-1-6-14(11)15/h1-8,10,16H,9H2. The van der Waals surface area contributed by atoms with Crippen molar-refractivity contribution in [3.05, 3.63) is 59.5 Å². The van der Waals surface area contributed by atoms with E-state index in [0.29, 0.717) is 12.4 Å². The van der Waals surface area contributed by atoms with Gasteiger partial charge in [0.25, 0.3) is 0 Å². The van der Waals surface area contributed by atoms with Crippen LogP contribution in [0.4, 0.5) is 0 Å². The van der Waals surface area contributed by atoms with Crippen molar-refractivity contribution in [1.82, 2.24) is 0 Å². The Balaban J connectivity index is 1.81. The fourth-order valence-corrected chi connectivity index (χ4v) is 2.83. The molecule has 0 aliphatic carbocycles. The summed E-state index contributed by atoms with van der Waals surface area (Å²) in [6.45, 7) is 0.521. The lowest BCUT2D eigenvalue weighted by atomic mass is 10.2. The zero-order valence-electron chi connectivity index (χ0n) is 9.67. The fourth-order valence-electron chi connectivity index (χ4n) is 1.88. The maximum Gasteiger partial charge on any atom is 0.123 e. The van der Waals surface area contributed by atoms with E-state index in [0.717, 1.165) is 0 Å². The molecule has 0 amide bonds. The van der Waals surface area contributed by atoms with Crippen LogP contribution in [-0.4, -0.2) is 5.11 Å². The molecule has 90 valence electrons. The Labute approximate surface area is 109 Å². The molecule has 3 aromatic rings. The Bertz CT molecular complexity index is 673. The molecule has 0 bridgehead atoms. The second-order valence-corrected chi connectivity index (χ2v) is 4.95. The third kappa shape index (κ3) is 2.17. The van der Waals surface area contributed by atoms with Crippen molar-refractivity contribution in [3.8, 4) is 11.5 Å². The molecule has 0 unspecified atom stereocenters. The highest BCUT2D eigenvalue weighted by Gasteiger charge is 2.04. The van der Waals surface area contributed by atoms with E-state index < -0.39 is 0 Å². The summed E-state index contributed by atoms with van der Waals surface area (Å²) in [6.07, 6.45) is 0. The number of phenols is 1. The number of benzene rings is 2. The van der Waals surface area contributed by atoms with Gasteiger partial charge in [-0.2, -0.15) is 0 Å². The lowest BCUT2D eigenvalue weighted by Gasteiger charge is -2.05. The zero-order valence-corrected chi connectivity index (χ0v) is 10.5. The topological polar surface area (TPSA) is 29.5 Å². The Hall–Kier alpha value is -2.00. The van der Waals surface area contributed by atoms with Gasteiger partial charge in [-0.1, -0.05) is 24.3 Å². The van der Waals surface area contributed by atoms with Crippen LogP contribution in [0.25, 0.3) is 10.1 Å². The van der Waals surface area contributed by atoms with Gasteiger partial charge in [0.1, 0.15) is 18.1 Å². The molecule has 18 heavy (non-hydrogen) atoms. The Morgan fingerprint density at radius 2 is 1.94 bits per heavy atom. The van der Waals surface area contributed by atoms with Crippen molar-refractivity contribution in [2.45, 2.75) is 6.61 Å². The summed E-state index contributed by atoms with van der Waals surface area (Å²) < 4.78 is 6.96. The van der Waals surface area contributed by atoms with Gasteiger partial charge in [0.15, 0.2) is 0 Å². The molecule has 2 aromatic carbocycles. The molecule has 3 heteroatoms. The zero-order chi connectivity index (χ0) is 12.4. The number of aromatic hydroxyl groups is 1. The highest BCUT2D eigenvalue weighted by Crippen LogP contribution is 2.27. The normalized spacial score (nSPS) is 10.7. The Kier molecular flexibility index (Phi) is 2.90.